The van der Waals surface area contributed by atoms with E-state index < -0.39 is 0 Å². The third-order valence-electron chi connectivity index (χ3n) is 3.10. The molecule has 0 spiro atoms. The largest absolute Gasteiger partial charge is 0.398 e. The number of benzene rings is 2. The molecule has 0 saturated carbocycles. The number of nitrogens with zero attached hydrogens (tertiary/aromatic N) is 1. The topological polar surface area (TPSA) is 46.3 Å². The van der Waals surface area contributed by atoms with E-state index in [4.69, 9.17) is 17.3 Å². The van der Waals surface area contributed by atoms with Crippen LogP contribution in [-0.4, -0.2) is 13.0 Å². The number of para-hydroxylation sites is 1. The van der Waals surface area contributed by atoms with Crippen LogP contribution < -0.4 is 10.6 Å². The van der Waals surface area contributed by atoms with E-state index in [1.165, 1.54) is 0 Å². The molecule has 2 N–H and O–H groups in total. The highest BCUT2D eigenvalue weighted by atomic mass is 35.5. The van der Waals surface area contributed by atoms with Crippen molar-refractivity contribution in [3.8, 4) is 0 Å². The van der Waals surface area contributed by atoms with Gasteiger partial charge in [0.15, 0.2) is 0 Å². The molecule has 0 radical (unpaired) electrons. The van der Waals surface area contributed by atoms with E-state index in [1.54, 1.807) is 42.3 Å². The molecule has 0 atom stereocenters. The van der Waals surface area contributed by atoms with Gasteiger partial charge in [0.25, 0.3) is 5.91 Å². The first-order valence-corrected chi connectivity index (χ1v) is 6.28. The Labute approximate surface area is 117 Å². The summed E-state index contributed by atoms with van der Waals surface area (Å²) < 4.78 is 0. The van der Waals surface area contributed by atoms with Gasteiger partial charge in [0, 0.05) is 23.4 Å². The maximum Gasteiger partial charge on any atom is 0.260 e. The highest BCUT2D eigenvalue weighted by Gasteiger charge is 2.17. The Kier molecular flexibility index (Phi) is 3.76. The average Bonchev–Trinajstić information content (AvgIpc) is 2.41. The third-order valence-corrected chi connectivity index (χ3v) is 3.51. The fourth-order valence-corrected chi connectivity index (χ4v) is 2.11. The van der Waals surface area contributed by atoms with Crippen molar-refractivity contribution in [2.75, 3.05) is 17.7 Å². The second-order valence-electron chi connectivity index (χ2n) is 4.34. The molecule has 2 aromatic rings. The molecule has 0 aliphatic rings. The van der Waals surface area contributed by atoms with Gasteiger partial charge in [0.2, 0.25) is 0 Å². The average molecular weight is 275 g/mol. The zero-order valence-corrected chi connectivity index (χ0v) is 11.6. The van der Waals surface area contributed by atoms with Crippen molar-refractivity contribution in [2.45, 2.75) is 6.92 Å². The van der Waals surface area contributed by atoms with Crippen molar-refractivity contribution in [3.63, 3.8) is 0 Å². The van der Waals surface area contributed by atoms with Crippen molar-refractivity contribution in [1.29, 1.82) is 0 Å². The molecule has 3 nitrogen and oxygen atoms in total. The van der Waals surface area contributed by atoms with E-state index in [2.05, 4.69) is 0 Å². The Morgan fingerprint density at radius 3 is 2.53 bits per heavy atom. The summed E-state index contributed by atoms with van der Waals surface area (Å²) in [5.74, 6) is -0.150. The summed E-state index contributed by atoms with van der Waals surface area (Å²) in [5, 5.41) is 0.637. The molecule has 0 heterocycles. The minimum Gasteiger partial charge on any atom is -0.398 e. The van der Waals surface area contributed by atoms with Gasteiger partial charge in [0.1, 0.15) is 0 Å². The molecule has 0 bridgehead atoms. The summed E-state index contributed by atoms with van der Waals surface area (Å²) in [7, 11) is 1.72. The number of hydrogen-bond donors (Lipinski definition) is 1. The summed E-state index contributed by atoms with van der Waals surface area (Å²) in [5.41, 5.74) is 8.44. The lowest BCUT2D eigenvalue weighted by Crippen LogP contribution is -2.27. The van der Waals surface area contributed by atoms with Crippen LogP contribution in [0.1, 0.15) is 15.9 Å². The lowest BCUT2D eigenvalue weighted by atomic mass is 10.1. The zero-order valence-electron chi connectivity index (χ0n) is 10.9. The molecule has 0 aliphatic heterocycles. The molecule has 0 aliphatic carbocycles. The highest BCUT2D eigenvalue weighted by Crippen LogP contribution is 2.27. The summed E-state index contributed by atoms with van der Waals surface area (Å²) >= 11 is 6.08. The van der Waals surface area contributed by atoms with Crippen LogP contribution in [0.4, 0.5) is 11.4 Å². The van der Waals surface area contributed by atoms with Gasteiger partial charge in [-0.3, -0.25) is 4.79 Å². The first-order chi connectivity index (χ1) is 9.02. The molecule has 1 amide bonds. The van der Waals surface area contributed by atoms with Crippen molar-refractivity contribution in [3.05, 3.63) is 58.6 Å². The second-order valence-corrected chi connectivity index (χ2v) is 4.74. The van der Waals surface area contributed by atoms with Gasteiger partial charge < -0.3 is 10.6 Å². The maximum absolute atomic E-state index is 12.4. The molecule has 0 unspecified atom stereocenters. The van der Waals surface area contributed by atoms with Crippen LogP contribution in [0.2, 0.25) is 5.02 Å². The highest BCUT2D eigenvalue weighted by molar-refractivity contribution is 6.31. The van der Waals surface area contributed by atoms with Crippen LogP contribution in [-0.2, 0) is 0 Å². The van der Waals surface area contributed by atoms with Crippen LogP contribution in [0, 0.1) is 6.92 Å². The Morgan fingerprint density at radius 1 is 1.16 bits per heavy atom. The summed E-state index contributed by atoms with van der Waals surface area (Å²) in [6.07, 6.45) is 0. The monoisotopic (exact) mass is 274 g/mol. The molecule has 0 aromatic heterocycles. The van der Waals surface area contributed by atoms with Crippen LogP contribution in [0.15, 0.2) is 42.5 Å². The van der Waals surface area contributed by atoms with Gasteiger partial charge in [-0.05, 0) is 36.8 Å². The predicted octanol–water partition coefficient (Wildman–Crippen LogP) is 3.51. The van der Waals surface area contributed by atoms with Crippen molar-refractivity contribution < 1.29 is 4.79 Å². The number of hydrogen-bond acceptors (Lipinski definition) is 2. The molecular weight excluding hydrogens is 260 g/mol. The number of carbonyl (C=O) groups is 1. The summed E-state index contributed by atoms with van der Waals surface area (Å²) in [6, 6.07) is 12.5. The fraction of sp³-hybridized carbons (Fsp3) is 0.133. The van der Waals surface area contributed by atoms with Crippen LogP contribution in [0.25, 0.3) is 0 Å². The first kappa shape index (κ1) is 13.4. The fourth-order valence-electron chi connectivity index (χ4n) is 1.94. The number of halogens is 1. The molecule has 4 heteroatoms. The second kappa shape index (κ2) is 5.33. The van der Waals surface area contributed by atoms with Gasteiger partial charge in [0.05, 0.1) is 5.56 Å². The molecule has 0 saturated heterocycles. The van der Waals surface area contributed by atoms with E-state index >= 15 is 0 Å². The Hall–Kier alpha value is -2.00. The number of nitrogens with two attached hydrogens (primary N) is 1. The minimum absolute atomic E-state index is 0.150. The normalized spacial score (nSPS) is 10.3. The minimum atomic E-state index is -0.150. The van der Waals surface area contributed by atoms with Crippen LogP contribution >= 0.6 is 11.6 Å². The maximum atomic E-state index is 12.4. The number of amides is 1. The van der Waals surface area contributed by atoms with Crippen molar-refractivity contribution in [1.82, 2.24) is 0 Å². The van der Waals surface area contributed by atoms with Gasteiger partial charge in [-0.15, -0.1) is 0 Å². The van der Waals surface area contributed by atoms with Crippen molar-refractivity contribution >= 4 is 28.9 Å². The number of rotatable bonds is 2. The summed E-state index contributed by atoms with van der Waals surface area (Å²) in [4.78, 5) is 14.0. The zero-order chi connectivity index (χ0) is 14.0. The van der Waals surface area contributed by atoms with Gasteiger partial charge in [-0.1, -0.05) is 29.8 Å². The van der Waals surface area contributed by atoms with Gasteiger partial charge in [-0.25, -0.2) is 0 Å². The Balaban J connectivity index is 2.40. The third kappa shape index (κ3) is 2.56. The molecule has 98 valence electrons. The van der Waals surface area contributed by atoms with E-state index in [9.17, 15) is 4.79 Å². The smallest absolute Gasteiger partial charge is 0.260 e. The van der Waals surface area contributed by atoms with Gasteiger partial charge in [-0.2, -0.15) is 0 Å². The SMILES string of the molecule is Cc1c(Cl)cccc1N(C)C(=O)c1ccccc1N. The van der Waals surface area contributed by atoms with E-state index in [-0.39, 0.29) is 5.91 Å². The van der Waals surface area contributed by atoms with Crippen molar-refractivity contribution in [2.24, 2.45) is 0 Å². The Bertz CT molecular complexity index is 625. The Morgan fingerprint density at radius 2 is 1.84 bits per heavy atom. The van der Waals surface area contributed by atoms with E-state index in [1.807, 2.05) is 19.1 Å². The molecule has 0 fully saturated rings. The number of anilines is 2. The van der Waals surface area contributed by atoms with Crippen LogP contribution in [0.5, 0.6) is 0 Å². The lowest BCUT2D eigenvalue weighted by Gasteiger charge is -2.20. The molecule has 2 aromatic carbocycles. The lowest BCUT2D eigenvalue weighted by molar-refractivity contribution is 0.0993. The number of nitrogen functional groups attached to an aromatic ring is 1. The standard InChI is InChI=1S/C15H15ClN2O/c1-10-12(16)7-5-9-14(10)18(2)15(19)11-6-3-4-8-13(11)17/h3-9H,17H2,1-2H3. The van der Waals surface area contributed by atoms with E-state index in [0.717, 1.165) is 11.3 Å². The molecule has 19 heavy (non-hydrogen) atoms. The number of carbonyl (C=O) groups excluding carboxylic acids is 1. The molecule has 2 rings (SSSR count). The predicted molar refractivity (Wildman–Crippen MR) is 79.8 cm³/mol. The van der Waals surface area contributed by atoms with Crippen LogP contribution in [0.3, 0.4) is 0 Å². The quantitative estimate of drug-likeness (QED) is 0.852. The molecular formula is C15H15ClN2O. The van der Waals surface area contributed by atoms with E-state index in [0.29, 0.717) is 16.3 Å². The summed E-state index contributed by atoms with van der Waals surface area (Å²) in [6.45, 7) is 1.88. The van der Waals surface area contributed by atoms with Gasteiger partial charge >= 0.3 is 0 Å². The first-order valence-electron chi connectivity index (χ1n) is 5.90.